The maximum atomic E-state index is 12.6. The molecule has 1 aromatic rings. The van der Waals surface area contributed by atoms with E-state index in [-0.39, 0.29) is 16.8 Å². The molecule has 0 radical (unpaired) electrons. The molecule has 7 heteroatoms. The fourth-order valence-corrected chi connectivity index (χ4v) is 4.86. The summed E-state index contributed by atoms with van der Waals surface area (Å²) in [5, 5.41) is 0. The molecular formula is C18H27N3O3S. The third-order valence-electron chi connectivity index (χ3n) is 5.20. The topological polar surface area (TPSA) is 69.7 Å². The van der Waals surface area contributed by atoms with Crippen molar-refractivity contribution < 1.29 is 13.2 Å². The minimum absolute atomic E-state index is 0.0246. The van der Waals surface area contributed by atoms with Gasteiger partial charge in [-0.05, 0) is 43.7 Å². The SMILES string of the molecule is CCN1CCN(C(=O)c2ccc(S(=O)(=O)NC3CCCC3)cc2)CC1. The summed E-state index contributed by atoms with van der Waals surface area (Å²) in [7, 11) is -3.50. The van der Waals surface area contributed by atoms with Crippen LogP contribution in [0.15, 0.2) is 29.2 Å². The predicted molar refractivity (Wildman–Crippen MR) is 97.0 cm³/mol. The summed E-state index contributed by atoms with van der Waals surface area (Å²) >= 11 is 0. The highest BCUT2D eigenvalue weighted by atomic mass is 32.2. The number of benzene rings is 1. The third kappa shape index (κ3) is 4.40. The number of likely N-dealkylation sites (N-methyl/N-ethyl adjacent to an activating group) is 1. The smallest absolute Gasteiger partial charge is 0.253 e. The Kier molecular flexibility index (Phi) is 5.76. The Balaban J connectivity index is 1.64. The average molecular weight is 365 g/mol. The van der Waals surface area contributed by atoms with E-state index in [0.717, 1.165) is 58.4 Å². The molecule has 3 rings (SSSR count). The quantitative estimate of drug-likeness (QED) is 0.862. The highest BCUT2D eigenvalue weighted by Gasteiger charge is 2.24. The van der Waals surface area contributed by atoms with Gasteiger partial charge in [0.25, 0.3) is 5.91 Å². The standard InChI is InChI=1S/C18H27N3O3S/c1-2-20-11-13-21(14-12-20)18(22)15-7-9-17(10-8-15)25(23,24)19-16-5-3-4-6-16/h7-10,16,19H,2-6,11-14H2,1H3. The van der Waals surface area contributed by atoms with Gasteiger partial charge in [-0.15, -0.1) is 0 Å². The first kappa shape index (κ1) is 18.4. The lowest BCUT2D eigenvalue weighted by molar-refractivity contribution is 0.0643. The van der Waals surface area contributed by atoms with Crippen molar-refractivity contribution in [3.05, 3.63) is 29.8 Å². The van der Waals surface area contributed by atoms with Crippen molar-refractivity contribution >= 4 is 15.9 Å². The van der Waals surface area contributed by atoms with E-state index in [0.29, 0.717) is 5.56 Å². The first-order chi connectivity index (χ1) is 12.0. The van der Waals surface area contributed by atoms with Crippen LogP contribution in [0.2, 0.25) is 0 Å². The molecule has 1 amide bonds. The highest BCUT2D eigenvalue weighted by molar-refractivity contribution is 7.89. The van der Waals surface area contributed by atoms with Crippen LogP contribution in [-0.2, 0) is 10.0 Å². The second kappa shape index (κ2) is 7.85. The Bertz CT molecular complexity index is 689. The van der Waals surface area contributed by atoms with Crippen LogP contribution < -0.4 is 4.72 Å². The van der Waals surface area contributed by atoms with Gasteiger partial charge in [0.1, 0.15) is 0 Å². The summed E-state index contributed by atoms with van der Waals surface area (Å²) < 4.78 is 27.6. The average Bonchev–Trinajstić information content (AvgIpc) is 3.13. The van der Waals surface area contributed by atoms with Crippen molar-refractivity contribution in [1.29, 1.82) is 0 Å². The molecule has 1 aliphatic carbocycles. The molecule has 1 aromatic carbocycles. The van der Waals surface area contributed by atoms with Crippen molar-refractivity contribution in [2.75, 3.05) is 32.7 Å². The molecule has 1 N–H and O–H groups in total. The van der Waals surface area contributed by atoms with E-state index in [1.807, 2.05) is 4.90 Å². The monoisotopic (exact) mass is 365 g/mol. The van der Waals surface area contributed by atoms with Crippen molar-refractivity contribution in [2.45, 2.75) is 43.5 Å². The second-order valence-corrected chi connectivity index (χ2v) is 8.57. The first-order valence-electron chi connectivity index (χ1n) is 9.13. The largest absolute Gasteiger partial charge is 0.336 e. The van der Waals surface area contributed by atoms with Gasteiger partial charge in [0.05, 0.1) is 4.90 Å². The van der Waals surface area contributed by atoms with Crippen LogP contribution >= 0.6 is 0 Å². The molecule has 6 nitrogen and oxygen atoms in total. The summed E-state index contributed by atoms with van der Waals surface area (Å²) in [5.74, 6) is -0.0246. The zero-order chi connectivity index (χ0) is 17.9. The van der Waals surface area contributed by atoms with Gasteiger partial charge in [-0.3, -0.25) is 4.79 Å². The Morgan fingerprint density at radius 3 is 2.24 bits per heavy atom. The summed E-state index contributed by atoms with van der Waals surface area (Å²) in [6.45, 7) is 6.34. The number of nitrogens with one attached hydrogen (secondary N) is 1. The fourth-order valence-electron chi connectivity index (χ4n) is 3.56. The van der Waals surface area contributed by atoms with Crippen LogP contribution in [0.3, 0.4) is 0 Å². The first-order valence-corrected chi connectivity index (χ1v) is 10.6. The molecule has 0 atom stereocenters. The summed E-state index contributed by atoms with van der Waals surface area (Å²) in [6, 6.07) is 6.36. The van der Waals surface area contributed by atoms with Crippen LogP contribution in [0.1, 0.15) is 43.0 Å². The minimum atomic E-state index is -3.50. The van der Waals surface area contributed by atoms with E-state index in [2.05, 4.69) is 16.5 Å². The van der Waals surface area contributed by atoms with Gasteiger partial charge in [-0.2, -0.15) is 0 Å². The zero-order valence-corrected chi connectivity index (χ0v) is 15.6. The molecule has 0 unspecified atom stereocenters. The van der Waals surface area contributed by atoms with Gasteiger partial charge in [0.15, 0.2) is 0 Å². The molecule has 0 aromatic heterocycles. The van der Waals surface area contributed by atoms with E-state index in [1.165, 1.54) is 12.1 Å². The van der Waals surface area contributed by atoms with Crippen LogP contribution in [0, 0.1) is 0 Å². The number of rotatable bonds is 5. The van der Waals surface area contributed by atoms with E-state index in [4.69, 9.17) is 0 Å². The molecule has 0 spiro atoms. The number of nitrogens with zero attached hydrogens (tertiary/aromatic N) is 2. The van der Waals surface area contributed by atoms with Gasteiger partial charge in [-0.25, -0.2) is 13.1 Å². The number of carbonyl (C=O) groups excluding carboxylic acids is 1. The molecular weight excluding hydrogens is 338 g/mol. The number of sulfonamides is 1. The van der Waals surface area contributed by atoms with E-state index in [9.17, 15) is 13.2 Å². The molecule has 138 valence electrons. The fraction of sp³-hybridized carbons (Fsp3) is 0.611. The summed E-state index contributed by atoms with van der Waals surface area (Å²) in [5.41, 5.74) is 0.546. The second-order valence-electron chi connectivity index (χ2n) is 6.85. The van der Waals surface area contributed by atoms with Gasteiger partial charge >= 0.3 is 0 Å². The van der Waals surface area contributed by atoms with Crippen LogP contribution in [0.5, 0.6) is 0 Å². The Labute approximate surface area is 150 Å². The minimum Gasteiger partial charge on any atom is -0.336 e. The lowest BCUT2D eigenvalue weighted by Crippen LogP contribution is -2.48. The van der Waals surface area contributed by atoms with Crippen LogP contribution in [0.4, 0.5) is 0 Å². The van der Waals surface area contributed by atoms with Gasteiger partial charge in [-0.1, -0.05) is 19.8 Å². The van der Waals surface area contributed by atoms with E-state index >= 15 is 0 Å². The van der Waals surface area contributed by atoms with Crippen molar-refractivity contribution in [1.82, 2.24) is 14.5 Å². The molecule has 25 heavy (non-hydrogen) atoms. The number of hydrogen-bond acceptors (Lipinski definition) is 4. The number of piperazine rings is 1. The number of amides is 1. The Morgan fingerprint density at radius 2 is 1.68 bits per heavy atom. The lowest BCUT2D eigenvalue weighted by Gasteiger charge is -2.34. The molecule has 2 fully saturated rings. The third-order valence-corrected chi connectivity index (χ3v) is 6.73. The van der Waals surface area contributed by atoms with Gasteiger partial charge in [0, 0.05) is 37.8 Å². The molecule has 2 aliphatic rings. The number of carbonyl (C=O) groups is 1. The van der Waals surface area contributed by atoms with Gasteiger partial charge < -0.3 is 9.80 Å². The van der Waals surface area contributed by atoms with Crippen LogP contribution in [-0.4, -0.2) is 62.9 Å². The van der Waals surface area contributed by atoms with E-state index < -0.39 is 10.0 Å². The zero-order valence-electron chi connectivity index (χ0n) is 14.8. The summed E-state index contributed by atoms with van der Waals surface area (Å²) in [4.78, 5) is 17.0. The lowest BCUT2D eigenvalue weighted by atomic mass is 10.2. The van der Waals surface area contributed by atoms with Crippen molar-refractivity contribution in [2.24, 2.45) is 0 Å². The van der Waals surface area contributed by atoms with Crippen molar-refractivity contribution in [3.8, 4) is 0 Å². The predicted octanol–water partition coefficient (Wildman–Crippen LogP) is 1.69. The van der Waals surface area contributed by atoms with Crippen molar-refractivity contribution in [3.63, 3.8) is 0 Å². The number of hydrogen-bond donors (Lipinski definition) is 1. The molecule has 1 aliphatic heterocycles. The normalized spacial score (nSPS) is 20.1. The highest BCUT2D eigenvalue weighted by Crippen LogP contribution is 2.21. The Hall–Kier alpha value is -1.44. The molecule has 0 bridgehead atoms. The van der Waals surface area contributed by atoms with Gasteiger partial charge in [0.2, 0.25) is 10.0 Å². The maximum Gasteiger partial charge on any atom is 0.253 e. The Morgan fingerprint density at radius 1 is 1.08 bits per heavy atom. The van der Waals surface area contributed by atoms with E-state index in [1.54, 1.807) is 12.1 Å². The maximum absolute atomic E-state index is 12.6. The van der Waals surface area contributed by atoms with Crippen LogP contribution in [0.25, 0.3) is 0 Å². The molecule has 1 saturated carbocycles. The summed E-state index contributed by atoms with van der Waals surface area (Å²) in [6.07, 6.45) is 3.96. The molecule has 1 heterocycles. The molecule has 1 saturated heterocycles.